The Bertz CT molecular complexity index is 279. The minimum absolute atomic E-state index is 0.0745. The van der Waals surface area contributed by atoms with Gasteiger partial charge in [0.1, 0.15) is 4.75 Å². The lowest BCUT2D eigenvalue weighted by molar-refractivity contribution is -0.139. The average Bonchev–Trinajstić information content (AvgIpc) is 1.82. The second-order valence-corrected chi connectivity index (χ2v) is 5.53. The Hall–Kier alpha value is -0.270. The Morgan fingerprint density at radius 2 is 2.00 bits per heavy atom. The van der Waals surface area contributed by atoms with Gasteiger partial charge in [-0.2, -0.15) is 21.0 Å². The molecule has 0 aliphatic carbocycles. The van der Waals surface area contributed by atoms with E-state index in [1.165, 1.54) is 6.92 Å². The molecule has 0 radical (unpaired) electrons. The lowest BCUT2D eigenvalue weighted by atomic mass is 10.1. The summed E-state index contributed by atoms with van der Waals surface area (Å²) in [7, 11) is -4.00. The van der Waals surface area contributed by atoms with E-state index in [0.29, 0.717) is 0 Å². The molecule has 7 heteroatoms. The summed E-state index contributed by atoms with van der Waals surface area (Å²) in [5.41, 5.74) is 0. The molecule has 0 saturated heterocycles. The van der Waals surface area contributed by atoms with E-state index in [4.69, 9.17) is 9.66 Å². The van der Waals surface area contributed by atoms with Crippen LogP contribution in [0.2, 0.25) is 0 Å². The summed E-state index contributed by atoms with van der Waals surface area (Å²) in [4.78, 5) is 10.5. The molecule has 0 aliphatic rings. The largest absolute Gasteiger partial charge is 0.480 e. The van der Waals surface area contributed by atoms with Crippen LogP contribution in [0.25, 0.3) is 0 Å². The smallest absolute Gasteiger partial charge is 0.319 e. The number of thiol groups is 1. The summed E-state index contributed by atoms with van der Waals surface area (Å²) in [6.45, 7) is 1.38. The molecular weight excluding hydrogens is 216 g/mol. The third kappa shape index (κ3) is 5.89. The highest BCUT2D eigenvalue weighted by atomic mass is 32.2. The van der Waals surface area contributed by atoms with Crippen LogP contribution < -0.4 is 0 Å². The van der Waals surface area contributed by atoms with Gasteiger partial charge < -0.3 is 5.11 Å². The summed E-state index contributed by atoms with van der Waals surface area (Å²) in [5, 5.41) is 8.58. The Balaban J connectivity index is 3.98. The zero-order chi connectivity index (χ0) is 10.7. The third-order valence-electron chi connectivity index (χ3n) is 1.53. The van der Waals surface area contributed by atoms with Gasteiger partial charge in [-0.15, -0.1) is 0 Å². The third-order valence-corrected chi connectivity index (χ3v) is 2.75. The van der Waals surface area contributed by atoms with Crippen molar-refractivity contribution in [3.05, 3.63) is 0 Å². The quantitative estimate of drug-likeness (QED) is 0.469. The predicted molar refractivity (Wildman–Crippen MR) is 50.7 cm³/mol. The van der Waals surface area contributed by atoms with E-state index < -0.39 is 26.6 Å². The lowest BCUT2D eigenvalue weighted by Gasteiger charge is -2.16. The van der Waals surface area contributed by atoms with Gasteiger partial charge in [0.05, 0.1) is 5.75 Å². The lowest BCUT2D eigenvalue weighted by Crippen LogP contribution is -2.29. The van der Waals surface area contributed by atoms with E-state index >= 15 is 0 Å². The van der Waals surface area contributed by atoms with Crippen molar-refractivity contribution in [2.75, 3.05) is 5.75 Å². The molecule has 0 fully saturated rings. The Kier molecular flexibility index (Phi) is 4.21. The van der Waals surface area contributed by atoms with Crippen molar-refractivity contribution in [2.24, 2.45) is 0 Å². The van der Waals surface area contributed by atoms with Crippen LogP contribution in [0.4, 0.5) is 0 Å². The highest BCUT2D eigenvalue weighted by Crippen LogP contribution is 2.20. The van der Waals surface area contributed by atoms with Crippen LogP contribution in [-0.4, -0.2) is 34.5 Å². The summed E-state index contributed by atoms with van der Waals surface area (Å²) in [6, 6.07) is 0. The van der Waals surface area contributed by atoms with Crippen LogP contribution in [-0.2, 0) is 14.9 Å². The maximum Gasteiger partial charge on any atom is 0.319 e. The summed E-state index contributed by atoms with van der Waals surface area (Å²) in [5.74, 6) is -1.54. The molecule has 1 unspecified atom stereocenters. The Morgan fingerprint density at radius 1 is 1.54 bits per heavy atom. The molecule has 2 N–H and O–H groups in total. The fourth-order valence-electron chi connectivity index (χ4n) is 0.706. The van der Waals surface area contributed by atoms with Gasteiger partial charge in [-0.25, -0.2) is 0 Å². The Labute approximate surface area is 82.3 Å². The first-order valence-corrected chi connectivity index (χ1v) is 5.62. The number of rotatable bonds is 5. The molecule has 0 spiro atoms. The Morgan fingerprint density at radius 3 is 2.31 bits per heavy atom. The SMILES string of the molecule is CC(S)(CCCS(=O)(=O)O)C(=O)O. The number of carboxylic acid groups (broad SMARTS) is 1. The van der Waals surface area contributed by atoms with E-state index in [0.717, 1.165) is 0 Å². The topological polar surface area (TPSA) is 91.7 Å². The van der Waals surface area contributed by atoms with Crippen LogP contribution in [0, 0.1) is 0 Å². The maximum absolute atomic E-state index is 10.5. The number of carboxylic acids is 1. The first-order valence-electron chi connectivity index (χ1n) is 3.56. The molecule has 0 bridgehead atoms. The highest BCUT2D eigenvalue weighted by Gasteiger charge is 2.28. The molecule has 13 heavy (non-hydrogen) atoms. The molecular formula is C6H12O5S2. The van der Waals surface area contributed by atoms with Crippen LogP contribution in [0.5, 0.6) is 0 Å². The monoisotopic (exact) mass is 228 g/mol. The van der Waals surface area contributed by atoms with Gasteiger partial charge in [-0.1, -0.05) is 0 Å². The van der Waals surface area contributed by atoms with Crippen molar-refractivity contribution in [3.63, 3.8) is 0 Å². The van der Waals surface area contributed by atoms with E-state index in [1.54, 1.807) is 0 Å². The molecule has 0 rings (SSSR count). The fraction of sp³-hybridized carbons (Fsp3) is 0.833. The van der Waals surface area contributed by atoms with Crippen molar-refractivity contribution in [3.8, 4) is 0 Å². The zero-order valence-electron chi connectivity index (χ0n) is 7.10. The molecule has 0 aromatic carbocycles. The van der Waals surface area contributed by atoms with Crippen molar-refractivity contribution in [1.29, 1.82) is 0 Å². The number of carbonyl (C=O) groups is 1. The molecule has 0 saturated carbocycles. The number of hydrogen-bond donors (Lipinski definition) is 3. The highest BCUT2D eigenvalue weighted by molar-refractivity contribution is 7.85. The summed E-state index contributed by atoms with van der Waals surface area (Å²) >= 11 is 3.84. The summed E-state index contributed by atoms with van der Waals surface area (Å²) in [6.07, 6.45) is 0.163. The molecule has 0 aromatic rings. The van der Waals surface area contributed by atoms with E-state index in [1.807, 2.05) is 0 Å². The van der Waals surface area contributed by atoms with Crippen LogP contribution in [0.15, 0.2) is 0 Å². The van der Waals surface area contributed by atoms with Crippen LogP contribution in [0.3, 0.4) is 0 Å². The van der Waals surface area contributed by atoms with Gasteiger partial charge in [0.15, 0.2) is 0 Å². The zero-order valence-corrected chi connectivity index (χ0v) is 8.81. The van der Waals surface area contributed by atoms with Crippen LogP contribution >= 0.6 is 12.6 Å². The first-order chi connectivity index (χ1) is 5.65. The molecule has 1 atom stereocenters. The minimum atomic E-state index is -4.00. The normalized spacial score (nSPS) is 16.5. The van der Waals surface area contributed by atoms with Gasteiger partial charge in [0.25, 0.3) is 10.1 Å². The standard InChI is InChI=1S/C6H12O5S2/c1-6(12,5(7)8)3-2-4-13(9,10)11/h12H,2-4H2,1H3,(H,7,8)(H,9,10,11). The minimum Gasteiger partial charge on any atom is -0.480 e. The molecule has 78 valence electrons. The average molecular weight is 228 g/mol. The maximum atomic E-state index is 10.5. The van der Waals surface area contributed by atoms with Crippen molar-refractivity contribution in [2.45, 2.75) is 24.5 Å². The van der Waals surface area contributed by atoms with Gasteiger partial charge in [-0.05, 0) is 19.8 Å². The van der Waals surface area contributed by atoms with Crippen molar-refractivity contribution < 1.29 is 22.9 Å². The van der Waals surface area contributed by atoms with E-state index in [-0.39, 0.29) is 12.8 Å². The molecule has 0 amide bonds. The number of aliphatic carboxylic acids is 1. The first kappa shape index (κ1) is 12.7. The van der Waals surface area contributed by atoms with Gasteiger partial charge >= 0.3 is 5.97 Å². The molecule has 0 aliphatic heterocycles. The van der Waals surface area contributed by atoms with Gasteiger partial charge in [0.2, 0.25) is 0 Å². The van der Waals surface area contributed by atoms with Gasteiger partial charge in [0, 0.05) is 0 Å². The molecule has 0 aromatic heterocycles. The molecule has 0 heterocycles. The molecule has 5 nitrogen and oxygen atoms in total. The van der Waals surface area contributed by atoms with Crippen molar-refractivity contribution in [1.82, 2.24) is 0 Å². The fourth-order valence-corrected chi connectivity index (χ4v) is 1.37. The van der Waals surface area contributed by atoms with Crippen LogP contribution in [0.1, 0.15) is 19.8 Å². The second kappa shape index (κ2) is 4.30. The van der Waals surface area contributed by atoms with Crippen molar-refractivity contribution >= 4 is 28.7 Å². The van der Waals surface area contributed by atoms with Gasteiger partial charge in [-0.3, -0.25) is 9.35 Å². The summed E-state index contributed by atoms with van der Waals surface area (Å²) < 4.78 is 27.6. The second-order valence-electron chi connectivity index (χ2n) is 2.97. The number of hydrogen-bond acceptors (Lipinski definition) is 4. The predicted octanol–water partition coefficient (Wildman–Crippen LogP) is 0.427. The van der Waals surface area contributed by atoms with E-state index in [9.17, 15) is 13.2 Å². The van der Waals surface area contributed by atoms with E-state index in [2.05, 4.69) is 12.6 Å².